The molecular weight excluding hydrogens is 340 g/mol. The van der Waals surface area contributed by atoms with Gasteiger partial charge >= 0.3 is 0 Å². The van der Waals surface area contributed by atoms with Crippen molar-refractivity contribution in [2.45, 2.75) is 38.8 Å². The highest BCUT2D eigenvalue weighted by Crippen LogP contribution is 2.34. The van der Waals surface area contributed by atoms with Crippen LogP contribution in [-0.2, 0) is 0 Å². The number of rotatable bonds is 3. The summed E-state index contributed by atoms with van der Waals surface area (Å²) in [4.78, 5) is 11.9. The molecule has 2 bridgehead atoms. The van der Waals surface area contributed by atoms with Gasteiger partial charge < -0.3 is 5.32 Å². The standard InChI is InChI=1S/C21H24N4S/c1-13-21(15-7-9-25(13)10-8-15)24-20-6-4-17(12-22-20)16-3-5-19-18(11-16)23-14(2)26-19/h3-6,11-13,15,21H,7-10H2,1-2H3,(H,22,24)/t13-,21+/m1/s1. The summed E-state index contributed by atoms with van der Waals surface area (Å²) < 4.78 is 1.24. The van der Waals surface area contributed by atoms with Gasteiger partial charge in [0.1, 0.15) is 5.82 Å². The van der Waals surface area contributed by atoms with Crippen molar-refractivity contribution in [3.63, 3.8) is 0 Å². The van der Waals surface area contributed by atoms with E-state index >= 15 is 0 Å². The maximum atomic E-state index is 4.71. The largest absolute Gasteiger partial charge is 0.365 e. The maximum Gasteiger partial charge on any atom is 0.126 e. The predicted molar refractivity (Wildman–Crippen MR) is 109 cm³/mol. The SMILES string of the molecule is Cc1nc2cc(-c3ccc(N[C@@H]4C5CCN(CC5)[C@@H]4C)nc3)ccc2s1. The third-order valence-electron chi connectivity index (χ3n) is 6.08. The molecule has 1 N–H and O–H groups in total. The molecule has 134 valence electrons. The minimum absolute atomic E-state index is 0.519. The van der Waals surface area contributed by atoms with Crippen LogP contribution >= 0.6 is 11.3 Å². The van der Waals surface area contributed by atoms with Crippen LogP contribution < -0.4 is 5.32 Å². The lowest BCUT2D eigenvalue weighted by Gasteiger charge is -2.50. The molecule has 5 heteroatoms. The van der Waals surface area contributed by atoms with Gasteiger partial charge in [-0.15, -0.1) is 11.3 Å². The summed E-state index contributed by atoms with van der Waals surface area (Å²) in [5, 5.41) is 4.82. The molecule has 3 fully saturated rings. The molecule has 0 amide bonds. The molecule has 4 nitrogen and oxygen atoms in total. The first-order valence-electron chi connectivity index (χ1n) is 9.51. The second kappa shape index (κ2) is 6.32. The number of piperidine rings is 3. The Labute approximate surface area is 158 Å². The third kappa shape index (κ3) is 2.79. The zero-order valence-electron chi connectivity index (χ0n) is 15.3. The maximum absolute atomic E-state index is 4.71. The first kappa shape index (κ1) is 16.2. The average molecular weight is 365 g/mol. The summed E-state index contributed by atoms with van der Waals surface area (Å²) in [6.07, 6.45) is 4.61. The number of thiazole rings is 1. The first-order valence-corrected chi connectivity index (χ1v) is 10.3. The normalized spacial score (nSPS) is 27.8. The lowest BCUT2D eigenvalue weighted by atomic mass is 9.79. The second-order valence-corrected chi connectivity index (χ2v) is 8.87. The zero-order valence-corrected chi connectivity index (χ0v) is 16.1. The van der Waals surface area contributed by atoms with Crippen LogP contribution in [-0.4, -0.2) is 40.0 Å². The number of hydrogen-bond donors (Lipinski definition) is 1. The van der Waals surface area contributed by atoms with Crippen molar-refractivity contribution in [1.29, 1.82) is 0 Å². The number of aromatic nitrogens is 2. The Morgan fingerprint density at radius 3 is 2.65 bits per heavy atom. The van der Waals surface area contributed by atoms with Crippen molar-refractivity contribution in [1.82, 2.24) is 14.9 Å². The molecule has 0 saturated carbocycles. The molecule has 0 spiro atoms. The molecule has 0 unspecified atom stereocenters. The van der Waals surface area contributed by atoms with Crippen molar-refractivity contribution in [2.75, 3.05) is 18.4 Å². The number of nitrogens with one attached hydrogen (secondary N) is 1. The van der Waals surface area contributed by atoms with Gasteiger partial charge in [0.25, 0.3) is 0 Å². The summed E-state index contributed by atoms with van der Waals surface area (Å²) in [6, 6.07) is 11.9. The molecule has 6 rings (SSSR count). The average Bonchev–Trinajstić information content (AvgIpc) is 3.05. The van der Waals surface area contributed by atoms with Gasteiger partial charge in [0.15, 0.2) is 0 Å². The molecule has 3 aromatic rings. The fraction of sp³-hybridized carbons (Fsp3) is 0.429. The number of hydrogen-bond acceptors (Lipinski definition) is 5. The second-order valence-electron chi connectivity index (χ2n) is 7.63. The minimum atomic E-state index is 0.519. The lowest BCUT2D eigenvalue weighted by molar-refractivity contribution is 0.0457. The topological polar surface area (TPSA) is 41.1 Å². The molecule has 5 heterocycles. The fourth-order valence-electron chi connectivity index (χ4n) is 4.59. The van der Waals surface area contributed by atoms with Gasteiger partial charge in [-0.3, -0.25) is 4.90 Å². The van der Waals surface area contributed by atoms with E-state index < -0.39 is 0 Å². The molecular formula is C21H24N4S. The molecule has 0 aliphatic carbocycles. The fourth-order valence-corrected chi connectivity index (χ4v) is 5.40. The van der Waals surface area contributed by atoms with Crippen molar-refractivity contribution < 1.29 is 0 Å². The van der Waals surface area contributed by atoms with Crippen LogP contribution in [0, 0.1) is 12.8 Å². The van der Waals surface area contributed by atoms with Crippen LogP contribution in [0.4, 0.5) is 5.82 Å². The van der Waals surface area contributed by atoms with Crippen molar-refractivity contribution >= 4 is 27.4 Å². The van der Waals surface area contributed by atoms with Crippen LogP contribution in [0.2, 0.25) is 0 Å². The molecule has 2 atom stereocenters. The van der Waals surface area contributed by atoms with Crippen LogP contribution in [0.3, 0.4) is 0 Å². The van der Waals surface area contributed by atoms with E-state index in [4.69, 9.17) is 4.98 Å². The molecule has 2 aromatic heterocycles. The Kier molecular flexibility index (Phi) is 3.94. The smallest absolute Gasteiger partial charge is 0.126 e. The molecule has 3 aliphatic heterocycles. The molecule has 26 heavy (non-hydrogen) atoms. The van der Waals surface area contributed by atoms with Gasteiger partial charge in [-0.25, -0.2) is 9.97 Å². The van der Waals surface area contributed by atoms with Crippen molar-refractivity contribution in [2.24, 2.45) is 5.92 Å². The summed E-state index contributed by atoms with van der Waals surface area (Å²) in [6.45, 7) is 6.92. The van der Waals surface area contributed by atoms with E-state index in [0.717, 1.165) is 27.8 Å². The quantitative estimate of drug-likeness (QED) is 0.740. The first-order chi connectivity index (χ1) is 12.7. The summed E-state index contributed by atoms with van der Waals surface area (Å²) in [5.74, 6) is 1.77. The van der Waals surface area contributed by atoms with Gasteiger partial charge in [-0.1, -0.05) is 6.07 Å². The Bertz CT molecular complexity index is 923. The van der Waals surface area contributed by atoms with Crippen LogP contribution in [0.15, 0.2) is 36.5 Å². The highest BCUT2D eigenvalue weighted by molar-refractivity contribution is 7.18. The molecule has 0 radical (unpaired) electrons. The van der Waals surface area contributed by atoms with Crippen LogP contribution in [0.5, 0.6) is 0 Å². The molecule has 3 aliphatic rings. The monoisotopic (exact) mass is 364 g/mol. The van der Waals surface area contributed by atoms with Crippen molar-refractivity contribution in [3.8, 4) is 11.1 Å². The van der Waals surface area contributed by atoms with Gasteiger partial charge in [-0.2, -0.15) is 0 Å². The van der Waals surface area contributed by atoms with E-state index in [0.29, 0.717) is 12.1 Å². The summed E-state index contributed by atoms with van der Waals surface area (Å²) in [7, 11) is 0. The van der Waals surface area contributed by atoms with Crippen molar-refractivity contribution in [3.05, 3.63) is 41.5 Å². The number of aryl methyl sites for hydroxylation is 1. The van der Waals surface area contributed by atoms with Crippen LogP contribution in [0.1, 0.15) is 24.8 Å². The van der Waals surface area contributed by atoms with E-state index in [1.165, 1.54) is 36.2 Å². The predicted octanol–water partition coefficient (Wildman–Crippen LogP) is 4.56. The number of nitrogens with zero attached hydrogens (tertiary/aromatic N) is 3. The van der Waals surface area contributed by atoms with E-state index in [9.17, 15) is 0 Å². The Morgan fingerprint density at radius 2 is 1.92 bits per heavy atom. The van der Waals surface area contributed by atoms with Gasteiger partial charge in [-0.05, 0) is 75.5 Å². The molecule has 3 saturated heterocycles. The van der Waals surface area contributed by atoms with Gasteiger partial charge in [0.05, 0.1) is 15.2 Å². The number of pyridine rings is 1. The Morgan fingerprint density at radius 1 is 1.12 bits per heavy atom. The lowest BCUT2D eigenvalue weighted by Crippen LogP contribution is -2.59. The Hall–Kier alpha value is -1.98. The Balaban J connectivity index is 1.36. The summed E-state index contributed by atoms with van der Waals surface area (Å²) >= 11 is 1.74. The summed E-state index contributed by atoms with van der Waals surface area (Å²) in [5.41, 5.74) is 3.40. The number of anilines is 1. The highest BCUT2D eigenvalue weighted by atomic mass is 32.1. The minimum Gasteiger partial charge on any atom is -0.365 e. The van der Waals surface area contributed by atoms with E-state index in [-0.39, 0.29) is 0 Å². The van der Waals surface area contributed by atoms with E-state index in [2.05, 4.69) is 59.4 Å². The van der Waals surface area contributed by atoms with E-state index in [1.54, 1.807) is 11.3 Å². The number of benzene rings is 1. The number of fused-ring (bicyclic) bond motifs is 4. The zero-order chi connectivity index (χ0) is 17.7. The van der Waals surface area contributed by atoms with Gasteiger partial charge in [0.2, 0.25) is 0 Å². The third-order valence-corrected chi connectivity index (χ3v) is 7.04. The molecule has 1 aromatic carbocycles. The highest BCUT2D eigenvalue weighted by Gasteiger charge is 2.39. The van der Waals surface area contributed by atoms with Crippen LogP contribution in [0.25, 0.3) is 21.3 Å². The van der Waals surface area contributed by atoms with E-state index in [1.807, 2.05) is 6.20 Å². The van der Waals surface area contributed by atoms with Gasteiger partial charge in [0, 0.05) is 23.8 Å².